The summed E-state index contributed by atoms with van der Waals surface area (Å²) in [6, 6.07) is 18.2. The molecule has 1 aromatic heterocycles. The molecule has 0 saturated heterocycles. The van der Waals surface area contributed by atoms with Gasteiger partial charge in [0.05, 0.1) is 17.3 Å². The Morgan fingerprint density at radius 3 is 2.64 bits per heavy atom. The molecule has 3 rings (SSSR count). The normalized spacial score (nSPS) is 12.9. The van der Waals surface area contributed by atoms with Crippen LogP contribution in [0.4, 0.5) is 0 Å². The van der Waals surface area contributed by atoms with Gasteiger partial charge in [-0.1, -0.05) is 48.5 Å². The van der Waals surface area contributed by atoms with E-state index in [1.807, 2.05) is 55.6 Å². The number of H-pyrrole nitrogens is 1. The average Bonchev–Trinajstić information content (AvgIpc) is 2.91. The van der Waals surface area contributed by atoms with Crippen molar-refractivity contribution in [3.63, 3.8) is 0 Å². The van der Waals surface area contributed by atoms with Gasteiger partial charge in [-0.05, 0) is 25.1 Å². The Bertz CT molecular complexity index is 723. The zero-order valence-electron chi connectivity index (χ0n) is 12.7. The molecule has 0 aliphatic rings. The van der Waals surface area contributed by atoms with Gasteiger partial charge < -0.3 is 5.11 Å². The number of likely N-dealkylation sites (N-methyl/N-ethyl adjacent to an activating group) is 1. The molecule has 114 valence electrons. The molecule has 0 aliphatic carbocycles. The van der Waals surface area contributed by atoms with Crippen molar-refractivity contribution in [2.75, 3.05) is 13.6 Å². The van der Waals surface area contributed by atoms with E-state index in [0.717, 1.165) is 28.7 Å². The number of benzene rings is 2. The van der Waals surface area contributed by atoms with Gasteiger partial charge in [-0.15, -0.1) is 0 Å². The molecule has 0 spiro atoms. The molecular formula is C18H21N3O. The molecule has 4 nitrogen and oxygen atoms in total. The second-order valence-electron chi connectivity index (χ2n) is 5.76. The standard InChI is InChI=1S/C18H21N3O/c1-21(12-15(22)11-14-7-3-2-4-8-14)13-18-16-9-5-6-10-17(16)19-20-18/h2-10,15,22H,11-13H2,1H3,(H,19,20). The lowest BCUT2D eigenvalue weighted by Crippen LogP contribution is -2.30. The summed E-state index contributed by atoms with van der Waals surface area (Å²) in [5.74, 6) is 0. The van der Waals surface area contributed by atoms with Crippen LogP contribution in [0.25, 0.3) is 10.9 Å². The molecule has 4 heteroatoms. The number of aliphatic hydroxyl groups excluding tert-OH is 1. The predicted molar refractivity (Wildman–Crippen MR) is 88.6 cm³/mol. The van der Waals surface area contributed by atoms with Crippen molar-refractivity contribution in [2.24, 2.45) is 0 Å². The predicted octanol–water partition coefficient (Wildman–Crippen LogP) is 2.60. The first-order valence-corrected chi connectivity index (χ1v) is 7.55. The van der Waals surface area contributed by atoms with E-state index < -0.39 is 0 Å². The summed E-state index contributed by atoms with van der Waals surface area (Å²) in [5.41, 5.74) is 3.23. The van der Waals surface area contributed by atoms with E-state index in [2.05, 4.69) is 21.2 Å². The Kier molecular flexibility index (Phi) is 4.51. The van der Waals surface area contributed by atoms with Crippen LogP contribution in [-0.4, -0.2) is 39.9 Å². The smallest absolute Gasteiger partial charge is 0.0924 e. The monoisotopic (exact) mass is 295 g/mol. The van der Waals surface area contributed by atoms with Gasteiger partial charge in [-0.25, -0.2) is 0 Å². The largest absolute Gasteiger partial charge is 0.391 e. The molecule has 2 N–H and O–H groups in total. The summed E-state index contributed by atoms with van der Waals surface area (Å²) in [6.45, 7) is 1.37. The van der Waals surface area contributed by atoms with Crippen LogP contribution < -0.4 is 0 Å². The van der Waals surface area contributed by atoms with Crippen molar-refractivity contribution in [3.05, 3.63) is 65.9 Å². The number of aromatic amines is 1. The first-order chi connectivity index (χ1) is 10.7. The van der Waals surface area contributed by atoms with Gasteiger partial charge in [-0.2, -0.15) is 5.10 Å². The summed E-state index contributed by atoms with van der Waals surface area (Å²) in [4.78, 5) is 2.12. The van der Waals surface area contributed by atoms with Crippen molar-refractivity contribution in [3.8, 4) is 0 Å². The van der Waals surface area contributed by atoms with Crippen molar-refractivity contribution in [1.29, 1.82) is 0 Å². The van der Waals surface area contributed by atoms with Gasteiger partial charge >= 0.3 is 0 Å². The minimum Gasteiger partial charge on any atom is -0.391 e. The summed E-state index contributed by atoms with van der Waals surface area (Å²) in [5, 5.41) is 18.8. The minimum atomic E-state index is -0.374. The van der Waals surface area contributed by atoms with Gasteiger partial charge in [0.25, 0.3) is 0 Å². The van der Waals surface area contributed by atoms with Crippen LogP contribution in [0.1, 0.15) is 11.3 Å². The Morgan fingerprint density at radius 1 is 1.09 bits per heavy atom. The van der Waals surface area contributed by atoms with Crippen molar-refractivity contribution in [2.45, 2.75) is 19.1 Å². The van der Waals surface area contributed by atoms with Crippen molar-refractivity contribution in [1.82, 2.24) is 15.1 Å². The zero-order chi connectivity index (χ0) is 15.4. The summed E-state index contributed by atoms with van der Waals surface area (Å²) >= 11 is 0. The van der Waals surface area contributed by atoms with Crippen LogP contribution in [0.15, 0.2) is 54.6 Å². The van der Waals surface area contributed by atoms with Crippen molar-refractivity contribution >= 4 is 10.9 Å². The summed E-state index contributed by atoms with van der Waals surface area (Å²) in [7, 11) is 2.02. The zero-order valence-corrected chi connectivity index (χ0v) is 12.7. The molecule has 1 unspecified atom stereocenters. The van der Waals surface area contributed by atoms with Gasteiger partial charge in [0.1, 0.15) is 0 Å². The number of hydrogen-bond acceptors (Lipinski definition) is 3. The summed E-state index contributed by atoms with van der Waals surface area (Å²) in [6.07, 6.45) is 0.302. The maximum atomic E-state index is 10.2. The van der Waals surface area contributed by atoms with Gasteiger partial charge in [0.2, 0.25) is 0 Å². The van der Waals surface area contributed by atoms with E-state index >= 15 is 0 Å². The quantitative estimate of drug-likeness (QED) is 0.735. The minimum absolute atomic E-state index is 0.374. The SMILES string of the molecule is CN(Cc1[nH]nc2ccccc12)CC(O)Cc1ccccc1. The third kappa shape index (κ3) is 3.53. The molecular weight excluding hydrogens is 274 g/mol. The fourth-order valence-corrected chi connectivity index (χ4v) is 2.78. The molecule has 0 bridgehead atoms. The molecule has 1 heterocycles. The fourth-order valence-electron chi connectivity index (χ4n) is 2.78. The van der Waals surface area contributed by atoms with Crippen LogP contribution >= 0.6 is 0 Å². The van der Waals surface area contributed by atoms with E-state index in [1.54, 1.807) is 0 Å². The number of aliphatic hydroxyl groups is 1. The average molecular weight is 295 g/mol. The van der Waals surface area contributed by atoms with Crippen LogP contribution in [0.2, 0.25) is 0 Å². The lowest BCUT2D eigenvalue weighted by Gasteiger charge is -2.20. The van der Waals surface area contributed by atoms with Gasteiger partial charge in [0, 0.05) is 18.5 Å². The highest BCUT2D eigenvalue weighted by molar-refractivity contribution is 5.81. The Labute approximate surface area is 130 Å². The second-order valence-corrected chi connectivity index (χ2v) is 5.76. The molecule has 1 atom stereocenters. The maximum Gasteiger partial charge on any atom is 0.0924 e. The Balaban J connectivity index is 1.59. The van der Waals surface area contributed by atoms with Crippen molar-refractivity contribution < 1.29 is 5.11 Å². The Hall–Kier alpha value is -2.17. The number of para-hydroxylation sites is 1. The Morgan fingerprint density at radius 2 is 1.82 bits per heavy atom. The van der Waals surface area contributed by atoms with Gasteiger partial charge in [-0.3, -0.25) is 10.00 Å². The highest BCUT2D eigenvalue weighted by atomic mass is 16.3. The number of nitrogens with one attached hydrogen (secondary N) is 1. The van der Waals surface area contributed by atoms with Crippen LogP contribution in [-0.2, 0) is 13.0 Å². The lowest BCUT2D eigenvalue weighted by molar-refractivity contribution is 0.122. The molecule has 0 fully saturated rings. The highest BCUT2D eigenvalue weighted by Crippen LogP contribution is 2.16. The molecule has 3 aromatic rings. The molecule has 0 amide bonds. The second kappa shape index (κ2) is 6.73. The number of nitrogens with zero attached hydrogens (tertiary/aromatic N) is 2. The molecule has 0 saturated carbocycles. The van der Waals surface area contributed by atoms with E-state index in [1.165, 1.54) is 0 Å². The van der Waals surface area contributed by atoms with E-state index in [-0.39, 0.29) is 6.10 Å². The van der Waals surface area contributed by atoms with E-state index in [9.17, 15) is 5.11 Å². The number of aromatic nitrogens is 2. The third-order valence-corrected chi connectivity index (χ3v) is 3.81. The first kappa shape index (κ1) is 14.8. The number of hydrogen-bond donors (Lipinski definition) is 2. The van der Waals surface area contributed by atoms with Crippen LogP contribution in [0.5, 0.6) is 0 Å². The van der Waals surface area contributed by atoms with E-state index in [0.29, 0.717) is 13.0 Å². The van der Waals surface area contributed by atoms with Crippen LogP contribution in [0.3, 0.4) is 0 Å². The lowest BCUT2D eigenvalue weighted by atomic mass is 10.1. The molecule has 0 radical (unpaired) electrons. The topological polar surface area (TPSA) is 52.2 Å². The number of rotatable bonds is 6. The highest BCUT2D eigenvalue weighted by Gasteiger charge is 2.12. The first-order valence-electron chi connectivity index (χ1n) is 7.55. The third-order valence-electron chi connectivity index (χ3n) is 3.81. The maximum absolute atomic E-state index is 10.2. The fraction of sp³-hybridized carbons (Fsp3) is 0.278. The van der Waals surface area contributed by atoms with E-state index in [4.69, 9.17) is 0 Å². The number of fused-ring (bicyclic) bond motifs is 1. The molecule has 2 aromatic carbocycles. The van der Waals surface area contributed by atoms with Gasteiger partial charge in [0.15, 0.2) is 0 Å². The molecule has 0 aliphatic heterocycles. The van der Waals surface area contributed by atoms with Crippen LogP contribution in [0, 0.1) is 0 Å². The molecule has 22 heavy (non-hydrogen) atoms. The summed E-state index contributed by atoms with van der Waals surface area (Å²) < 4.78 is 0.